The van der Waals surface area contributed by atoms with Crippen LogP contribution in [0.25, 0.3) is 5.57 Å². The van der Waals surface area contributed by atoms with E-state index >= 15 is 0 Å². The summed E-state index contributed by atoms with van der Waals surface area (Å²) in [6.07, 6.45) is 5.93. The van der Waals surface area contributed by atoms with Crippen molar-refractivity contribution in [1.82, 2.24) is 4.98 Å². The number of H-pyrrole nitrogens is 1. The number of aromatic amines is 1. The highest BCUT2D eigenvalue weighted by atomic mass is 19.2. The molecule has 2 aromatic rings. The Morgan fingerprint density at radius 1 is 1.12 bits per heavy atom. The molecule has 0 aliphatic carbocycles. The van der Waals surface area contributed by atoms with Gasteiger partial charge in [0, 0.05) is 30.2 Å². The van der Waals surface area contributed by atoms with E-state index in [0.717, 1.165) is 0 Å². The number of hydrogen-bond acceptors (Lipinski definition) is 3. The van der Waals surface area contributed by atoms with E-state index in [2.05, 4.69) is 15.3 Å². The fourth-order valence-corrected chi connectivity index (χ4v) is 2.52. The van der Waals surface area contributed by atoms with Gasteiger partial charge in [-0.2, -0.15) is 0 Å². The maximum absolute atomic E-state index is 14.6. The summed E-state index contributed by atoms with van der Waals surface area (Å²) in [6, 6.07) is 3.09. The van der Waals surface area contributed by atoms with Crippen LogP contribution in [0, 0.1) is 23.3 Å². The molecule has 25 heavy (non-hydrogen) atoms. The first-order chi connectivity index (χ1) is 12.1. The summed E-state index contributed by atoms with van der Waals surface area (Å²) in [7, 11) is 0. The van der Waals surface area contributed by atoms with Gasteiger partial charge in [0.1, 0.15) is 5.69 Å². The number of aliphatic imine (C=N–C) groups is 1. The molecule has 0 spiro atoms. The number of halogens is 4. The van der Waals surface area contributed by atoms with Gasteiger partial charge in [-0.1, -0.05) is 0 Å². The van der Waals surface area contributed by atoms with Gasteiger partial charge in [-0.3, -0.25) is 4.99 Å². The zero-order chi connectivity index (χ0) is 18.0. The molecule has 0 amide bonds. The molecule has 0 saturated carbocycles. The second-order valence-corrected chi connectivity index (χ2v) is 5.14. The van der Waals surface area contributed by atoms with E-state index in [4.69, 9.17) is 5.11 Å². The summed E-state index contributed by atoms with van der Waals surface area (Å²) in [4.78, 5) is 6.74. The van der Waals surface area contributed by atoms with Crippen molar-refractivity contribution in [3.05, 3.63) is 70.7 Å². The van der Waals surface area contributed by atoms with Gasteiger partial charge in [0.2, 0.25) is 0 Å². The molecule has 0 radical (unpaired) electrons. The van der Waals surface area contributed by atoms with Gasteiger partial charge >= 0.3 is 0 Å². The first kappa shape index (κ1) is 17.0. The van der Waals surface area contributed by atoms with Crippen LogP contribution in [0.15, 0.2) is 41.2 Å². The fraction of sp³-hybridized carbons (Fsp3) is 0.118. The van der Waals surface area contributed by atoms with Crippen molar-refractivity contribution < 1.29 is 22.7 Å². The van der Waals surface area contributed by atoms with E-state index in [9.17, 15) is 17.6 Å². The predicted molar refractivity (Wildman–Crippen MR) is 86.3 cm³/mol. The lowest BCUT2D eigenvalue weighted by molar-refractivity contribution is 0.310. The monoisotopic (exact) mass is 351 g/mol. The average molecular weight is 351 g/mol. The van der Waals surface area contributed by atoms with E-state index in [1.807, 2.05) is 0 Å². The Kier molecular flexibility index (Phi) is 4.71. The minimum absolute atomic E-state index is 0.100. The van der Waals surface area contributed by atoms with Gasteiger partial charge in [-0.25, -0.2) is 17.6 Å². The van der Waals surface area contributed by atoms with Crippen molar-refractivity contribution in [2.24, 2.45) is 4.99 Å². The molecule has 2 heterocycles. The summed E-state index contributed by atoms with van der Waals surface area (Å²) < 4.78 is 57.8. The highest BCUT2D eigenvalue weighted by molar-refractivity contribution is 5.88. The molecule has 8 heteroatoms. The van der Waals surface area contributed by atoms with Crippen molar-refractivity contribution in [3.8, 4) is 0 Å². The first-order valence-electron chi connectivity index (χ1n) is 7.36. The van der Waals surface area contributed by atoms with E-state index in [1.165, 1.54) is 30.6 Å². The zero-order valence-corrected chi connectivity index (χ0v) is 12.8. The Morgan fingerprint density at radius 2 is 1.84 bits per heavy atom. The minimum Gasteiger partial charge on any atom is -0.395 e. The summed E-state index contributed by atoms with van der Waals surface area (Å²) in [5.74, 6) is -6.24. The Morgan fingerprint density at radius 3 is 2.36 bits per heavy atom. The maximum atomic E-state index is 14.6. The van der Waals surface area contributed by atoms with Crippen LogP contribution >= 0.6 is 0 Å². The van der Waals surface area contributed by atoms with Crippen LogP contribution in [0.5, 0.6) is 0 Å². The van der Waals surface area contributed by atoms with Crippen molar-refractivity contribution in [2.75, 3.05) is 18.5 Å². The largest absolute Gasteiger partial charge is 0.395 e. The number of anilines is 1. The van der Waals surface area contributed by atoms with Crippen LogP contribution in [-0.4, -0.2) is 29.5 Å². The first-order valence-corrected chi connectivity index (χ1v) is 7.36. The molecule has 1 aliphatic heterocycles. The number of rotatable bonds is 5. The van der Waals surface area contributed by atoms with E-state index < -0.39 is 41.1 Å². The van der Waals surface area contributed by atoms with Crippen molar-refractivity contribution >= 4 is 17.5 Å². The number of hydrogen-bond donors (Lipinski definition) is 3. The third kappa shape index (κ3) is 2.96. The maximum Gasteiger partial charge on any atom is 0.185 e. The third-order valence-corrected chi connectivity index (χ3v) is 3.60. The Balaban J connectivity index is 2.27. The van der Waals surface area contributed by atoms with Crippen molar-refractivity contribution in [1.29, 1.82) is 0 Å². The molecule has 0 saturated heterocycles. The standard InChI is InChI=1S/C17H13F4N3O/c18-13-12(14(19)16(21)17(15(13)20)24-7-8-25)11(9-3-1-5-22-9)10-4-2-6-23-10/h1-6,22,24-25H,7-8H2. The number of nitrogens with zero attached hydrogens (tertiary/aromatic N) is 1. The zero-order valence-electron chi connectivity index (χ0n) is 12.8. The van der Waals surface area contributed by atoms with Crippen molar-refractivity contribution in [3.63, 3.8) is 0 Å². The Hall–Kier alpha value is -2.87. The molecular formula is C17H13F4N3O. The van der Waals surface area contributed by atoms with Crippen LogP contribution in [0.4, 0.5) is 23.2 Å². The van der Waals surface area contributed by atoms with E-state index in [-0.39, 0.29) is 23.5 Å². The number of aromatic nitrogens is 1. The molecule has 3 N–H and O–H groups in total. The molecule has 130 valence electrons. The van der Waals surface area contributed by atoms with Crippen LogP contribution in [0.2, 0.25) is 0 Å². The second-order valence-electron chi connectivity index (χ2n) is 5.14. The highest BCUT2D eigenvalue weighted by Crippen LogP contribution is 2.37. The number of benzene rings is 1. The molecule has 1 aromatic heterocycles. The third-order valence-electron chi connectivity index (χ3n) is 3.60. The Labute approximate surface area is 140 Å². The number of aliphatic hydroxyl groups is 1. The van der Waals surface area contributed by atoms with Crippen LogP contribution < -0.4 is 5.32 Å². The summed E-state index contributed by atoms with van der Waals surface area (Å²) in [5.41, 5.74) is -1.50. The van der Waals surface area contributed by atoms with Gasteiger partial charge in [0.05, 0.1) is 17.9 Å². The number of nitrogens with one attached hydrogen (secondary N) is 2. The SMILES string of the molecule is OCCNc1c(F)c(F)c(C(=C2C=CC=N2)c2ccc[nH]2)c(F)c1F. The molecule has 0 atom stereocenters. The quantitative estimate of drug-likeness (QED) is 0.571. The van der Waals surface area contributed by atoms with E-state index in [0.29, 0.717) is 0 Å². The lowest BCUT2D eigenvalue weighted by Gasteiger charge is -2.15. The topological polar surface area (TPSA) is 60.4 Å². The molecular weight excluding hydrogens is 338 g/mol. The number of aliphatic hydroxyl groups excluding tert-OH is 1. The van der Waals surface area contributed by atoms with Gasteiger partial charge in [-0.05, 0) is 24.3 Å². The minimum atomic E-state index is -1.57. The molecule has 3 rings (SSSR count). The summed E-state index contributed by atoms with van der Waals surface area (Å²) >= 11 is 0. The summed E-state index contributed by atoms with van der Waals surface area (Å²) in [6.45, 7) is -0.717. The van der Waals surface area contributed by atoms with Gasteiger partial charge in [-0.15, -0.1) is 0 Å². The van der Waals surface area contributed by atoms with Gasteiger partial charge < -0.3 is 15.4 Å². The van der Waals surface area contributed by atoms with Crippen LogP contribution in [-0.2, 0) is 0 Å². The van der Waals surface area contributed by atoms with Gasteiger partial charge in [0.15, 0.2) is 23.3 Å². The molecule has 1 aliphatic rings. The summed E-state index contributed by atoms with van der Waals surface area (Å²) in [5, 5.41) is 10.9. The normalized spacial score (nSPS) is 15.1. The molecule has 1 aromatic carbocycles. The fourth-order valence-electron chi connectivity index (χ4n) is 2.52. The average Bonchev–Trinajstić information content (AvgIpc) is 3.31. The van der Waals surface area contributed by atoms with Gasteiger partial charge in [0.25, 0.3) is 0 Å². The van der Waals surface area contributed by atoms with Crippen LogP contribution in [0.3, 0.4) is 0 Å². The molecule has 0 fully saturated rings. The second kappa shape index (κ2) is 6.94. The predicted octanol–water partition coefficient (Wildman–Crippen LogP) is 3.38. The van der Waals surface area contributed by atoms with Crippen molar-refractivity contribution in [2.45, 2.75) is 0 Å². The lowest BCUT2D eigenvalue weighted by Crippen LogP contribution is -2.14. The lowest BCUT2D eigenvalue weighted by atomic mass is 9.98. The highest BCUT2D eigenvalue weighted by Gasteiger charge is 2.29. The molecule has 4 nitrogen and oxygen atoms in total. The molecule has 0 unspecified atom stereocenters. The molecule has 0 bridgehead atoms. The Bertz CT molecular complexity index is 843. The van der Waals surface area contributed by atoms with Crippen LogP contribution in [0.1, 0.15) is 11.3 Å². The number of allylic oxidation sites excluding steroid dienone is 2. The van der Waals surface area contributed by atoms with E-state index in [1.54, 1.807) is 6.07 Å². The smallest absolute Gasteiger partial charge is 0.185 e.